The Morgan fingerprint density at radius 1 is 1.07 bits per heavy atom. The Kier molecular flexibility index (Phi) is 5.66. The largest absolute Gasteiger partial charge is 0.369 e. The lowest BCUT2D eigenvalue weighted by atomic mass is 10.3. The minimum atomic E-state index is -3.95. The summed E-state index contributed by atoms with van der Waals surface area (Å²) >= 11 is 0. The number of halogens is 2. The van der Waals surface area contributed by atoms with Gasteiger partial charge in [0, 0.05) is 31.5 Å². The fourth-order valence-corrected chi connectivity index (χ4v) is 3.53. The van der Waals surface area contributed by atoms with Crippen LogP contribution in [0, 0.1) is 25.5 Å². The molecule has 2 aromatic heterocycles. The van der Waals surface area contributed by atoms with E-state index in [2.05, 4.69) is 25.0 Å². The van der Waals surface area contributed by atoms with E-state index in [0.29, 0.717) is 23.5 Å². The number of imidazole rings is 1. The quantitative estimate of drug-likeness (QED) is 0.580. The number of nitrogens with zero attached hydrogens (tertiary/aromatic N) is 4. The highest BCUT2D eigenvalue weighted by molar-refractivity contribution is 7.89. The standard InChI is InChI=1S/C17H18F2N6O2S/c1-11-23-16(10-17(24-11)25-8-7-20-12(25)2)21-5-6-22-28(26,27)13-3-4-14(18)15(19)9-13/h3-4,7-10,22H,5-6H2,1-2H3,(H,21,23,24). The lowest BCUT2D eigenvalue weighted by Crippen LogP contribution is -2.29. The third-order valence-corrected chi connectivity index (χ3v) is 5.28. The van der Waals surface area contributed by atoms with Crippen molar-refractivity contribution >= 4 is 15.8 Å². The summed E-state index contributed by atoms with van der Waals surface area (Å²) in [6, 6.07) is 4.12. The van der Waals surface area contributed by atoms with Gasteiger partial charge >= 0.3 is 0 Å². The molecule has 0 aliphatic heterocycles. The van der Waals surface area contributed by atoms with Gasteiger partial charge in [-0.15, -0.1) is 0 Å². The predicted octanol–water partition coefficient (Wildman–Crippen LogP) is 1.95. The highest BCUT2D eigenvalue weighted by atomic mass is 32.2. The van der Waals surface area contributed by atoms with E-state index in [9.17, 15) is 17.2 Å². The molecule has 0 amide bonds. The topological polar surface area (TPSA) is 102 Å². The number of aromatic nitrogens is 4. The Bertz CT molecular complexity index is 1100. The molecule has 0 saturated carbocycles. The minimum Gasteiger partial charge on any atom is -0.369 e. The van der Waals surface area contributed by atoms with Crippen molar-refractivity contribution in [2.45, 2.75) is 18.7 Å². The average molecular weight is 408 g/mol. The van der Waals surface area contributed by atoms with Crippen LogP contribution in [0.25, 0.3) is 5.82 Å². The van der Waals surface area contributed by atoms with E-state index in [1.54, 1.807) is 30.0 Å². The first-order chi connectivity index (χ1) is 13.3. The van der Waals surface area contributed by atoms with Gasteiger partial charge in [-0.2, -0.15) is 0 Å². The summed E-state index contributed by atoms with van der Waals surface area (Å²) in [7, 11) is -3.95. The van der Waals surface area contributed by atoms with Crippen LogP contribution in [0.15, 0.2) is 41.6 Å². The molecule has 3 rings (SSSR count). The summed E-state index contributed by atoms with van der Waals surface area (Å²) in [5.74, 6) is 0.122. The highest BCUT2D eigenvalue weighted by Gasteiger charge is 2.16. The van der Waals surface area contributed by atoms with Gasteiger partial charge in [0.25, 0.3) is 0 Å². The summed E-state index contributed by atoms with van der Waals surface area (Å²) in [5, 5.41) is 3.01. The maximum Gasteiger partial charge on any atom is 0.240 e. The van der Waals surface area contributed by atoms with Crippen molar-refractivity contribution in [3.63, 3.8) is 0 Å². The van der Waals surface area contributed by atoms with Crippen LogP contribution < -0.4 is 10.0 Å². The number of anilines is 1. The molecule has 3 aromatic rings. The predicted molar refractivity (Wildman–Crippen MR) is 98.7 cm³/mol. The number of aryl methyl sites for hydroxylation is 2. The molecule has 28 heavy (non-hydrogen) atoms. The van der Waals surface area contributed by atoms with Crippen molar-refractivity contribution in [1.82, 2.24) is 24.2 Å². The molecule has 0 spiro atoms. The summed E-state index contributed by atoms with van der Waals surface area (Å²) in [5.41, 5.74) is 0. The van der Waals surface area contributed by atoms with Gasteiger partial charge in [-0.25, -0.2) is 36.9 Å². The second-order valence-corrected chi connectivity index (χ2v) is 7.67. The zero-order valence-corrected chi connectivity index (χ0v) is 16.0. The Balaban J connectivity index is 1.63. The number of sulfonamides is 1. The Morgan fingerprint density at radius 2 is 1.86 bits per heavy atom. The average Bonchev–Trinajstić information content (AvgIpc) is 3.06. The summed E-state index contributed by atoms with van der Waals surface area (Å²) < 4.78 is 54.6. The molecule has 0 bridgehead atoms. The molecular weight excluding hydrogens is 390 g/mol. The molecule has 0 unspecified atom stereocenters. The van der Waals surface area contributed by atoms with Crippen LogP contribution >= 0.6 is 0 Å². The van der Waals surface area contributed by atoms with Gasteiger partial charge in [0.1, 0.15) is 23.3 Å². The summed E-state index contributed by atoms with van der Waals surface area (Å²) in [6.45, 7) is 3.83. The SMILES string of the molecule is Cc1nc(NCCNS(=O)(=O)c2ccc(F)c(F)c2)cc(-n2ccnc2C)n1. The van der Waals surface area contributed by atoms with Crippen molar-refractivity contribution in [3.8, 4) is 5.82 Å². The van der Waals surface area contributed by atoms with Crippen LogP contribution in [0.5, 0.6) is 0 Å². The number of nitrogens with one attached hydrogen (secondary N) is 2. The molecule has 0 atom stereocenters. The van der Waals surface area contributed by atoms with Crippen LogP contribution in [-0.2, 0) is 10.0 Å². The van der Waals surface area contributed by atoms with Gasteiger partial charge in [-0.1, -0.05) is 0 Å². The van der Waals surface area contributed by atoms with Crippen molar-refractivity contribution in [3.05, 3.63) is 59.9 Å². The van der Waals surface area contributed by atoms with E-state index in [1.807, 2.05) is 6.92 Å². The zero-order valence-electron chi connectivity index (χ0n) is 15.1. The van der Waals surface area contributed by atoms with Gasteiger partial charge in [0.05, 0.1) is 4.90 Å². The summed E-state index contributed by atoms with van der Waals surface area (Å²) in [4.78, 5) is 12.4. The zero-order chi connectivity index (χ0) is 20.3. The van der Waals surface area contributed by atoms with Gasteiger partial charge in [-0.3, -0.25) is 4.57 Å². The van der Waals surface area contributed by atoms with Gasteiger partial charge in [-0.05, 0) is 32.0 Å². The van der Waals surface area contributed by atoms with Gasteiger partial charge < -0.3 is 5.32 Å². The maximum atomic E-state index is 13.2. The molecule has 148 valence electrons. The first-order valence-corrected chi connectivity index (χ1v) is 9.79. The van der Waals surface area contributed by atoms with E-state index in [0.717, 1.165) is 18.0 Å². The molecule has 2 heterocycles. The Labute approximate surface area is 160 Å². The fraction of sp³-hybridized carbons (Fsp3) is 0.235. The van der Waals surface area contributed by atoms with Crippen LogP contribution in [0.1, 0.15) is 11.6 Å². The molecule has 0 saturated heterocycles. The number of hydrogen-bond acceptors (Lipinski definition) is 6. The van der Waals surface area contributed by atoms with E-state index >= 15 is 0 Å². The Hall–Kier alpha value is -2.92. The lowest BCUT2D eigenvalue weighted by molar-refractivity contribution is 0.504. The maximum absolute atomic E-state index is 13.2. The normalized spacial score (nSPS) is 11.6. The van der Waals surface area contributed by atoms with E-state index in [1.165, 1.54) is 0 Å². The third-order valence-electron chi connectivity index (χ3n) is 3.82. The molecule has 2 N–H and O–H groups in total. The van der Waals surface area contributed by atoms with Crippen LogP contribution in [0.3, 0.4) is 0 Å². The van der Waals surface area contributed by atoms with Crippen LogP contribution in [0.2, 0.25) is 0 Å². The number of benzene rings is 1. The summed E-state index contributed by atoms with van der Waals surface area (Å²) in [6.07, 6.45) is 3.43. The molecule has 8 nitrogen and oxygen atoms in total. The molecule has 1 aromatic carbocycles. The molecular formula is C17H18F2N6O2S. The second-order valence-electron chi connectivity index (χ2n) is 5.90. The molecule has 0 radical (unpaired) electrons. The van der Waals surface area contributed by atoms with Crippen molar-refractivity contribution in [2.75, 3.05) is 18.4 Å². The lowest BCUT2D eigenvalue weighted by Gasteiger charge is -2.11. The number of rotatable bonds is 7. The van der Waals surface area contributed by atoms with Crippen molar-refractivity contribution < 1.29 is 17.2 Å². The van der Waals surface area contributed by atoms with Gasteiger partial charge in [0.15, 0.2) is 11.6 Å². The molecule has 0 aliphatic carbocycles. The number of hydrogen-bond donors (Lipinski definition) is 2. The Morgan fingerprint density at radius 3 is 2.54 bits per heavy atom. The molecule has 11 heteroatoms. The minimum absolute atomic E-state index is 0.0177. The smallest absolute Gasteiger partial charge is 0.240 e. The highest BCUT2D eigenvalue weighted by Crippen LogP contribution is 2.14. The molecule has 0 fully saturated rings. The molecule has 0 aliphatic rings. The van der Waals surface area contributed by atoms with Crippen LogP contribution in [-0.4, -0.2) is 41.0 Å². The third kappa shape index (κ3) is 4.49. The first kappa shape index (κ1) is 19.8. The second kappa shape index (κ2) is 7.98. The monoisotopic (exact) mass is 408 g/mol. The van der Waals surface area contributed by atoms with E-state index in [-0.39, 0.29) is 18.0 Å². The van der Waals surface area contributed by atoms with Crippen LogP contribution in [0.4, 0.5) is 14.6 Å². The van der Waals surface area contributed by atoms with E-state index in [4.69, 9.17) is 0 Å². The van der Waals surface area contributed by atoms with E-state index < -0.39 is 21.7 Å². The van der Waals surface area contributed by atoms with Gasteiger partial charge in [0.2, 0.25) is 10.0 Å². The van der Waals surface area contributed by atoms with Crippen molar-refractivity contribution in [2.24, 2.45) is 0 Å². The fourth-order valence-electron chi connectivity index (χ4n) is 2.49. The van der Waals surface area contributed by atoms with Crippen molar-refractivity contribution in [1.29, 1.82) is 0 Å². The first-order valence-electron chi connectivity index (χ1n) is 8.31.